The van der Waals surface area contributed by atoms with Crippen molar-refractivity contribution in [3.05, 3.63) is 40.7 Å². The maximum Gasteiger partial charge on any atom is 0.175 e. The average Bonchev–Trinajstić information content (AvgIpc) is 2.76. The van der Waals surface area contributed by atoms with Crippen molar-refractivity contribution in [3.63, 3.8) is 0 Å². The van der Waals surface area contributed by atoms with Crippen LogP contribution in [-0.4, -0.2) is 14.9 Å². The Kier molecular flexibility index (Phi) is 4.62. The average molecular weight is 309 g/mol. The van der Waals surface area contributed by atoms with Gasteiger partial charge in [0.2, 0.25) is 0 Å². The predicted octanol–water partition coefficient (Wildman–Crippen LogP) is 3.98. The first kappa shape index (κ1) is 14.8. The lowest BCUT2D eigenvalue weighted by Gasteiger charge is -2.12. The maximum absolute atomic E-state index is 6.09. The molecule has 0 aliphatic carbocycles. The quantitative estimate of drug-likeness (QED) is 0.842. The van der Waals surface area contributed by atoms with Crippen molar-refractivity contribution in [1.82, 2.24) is 9.78 Å². The molecular formula is C14H17ClN4S. The van der Waals surface area contributed by atoms with Crippen LogP contribution >= 0.6 is 23.8 Å². The zero-order chi connectivity index (χ0) is 14.7. The van der Waals surface area contributed by atoms with Crippen molar-refractivity contribution in [3.8, 4) is 0 Å². The first-order valence-corrected chi connectivity index (χ1v) is 7.17. The van der Waals surface area contributed by atoms with E-state index in [0.717, 1.165) is 29.2 Å². The summed E-state index contributed by atoms with van der Waals surface area (Å²) in [5, 5.41) is 11.9. The van der Waals surface area contributed by atoms with Gasteiger partial charge in [0.05, 0.1) is 11.4 Å². The summed E-state index contributed by atoms with van der Waals surface area (Å²) in [4.78, 5) is 0. The van der Waals surface area contributed by atoms with Gasteiger partial charge in [-0.2, -0.15) is 5.10 Å². The topological polar surface area (TPSA) is 41.9 Å². The number of nitrogens with one attached hydrogen (secondary N) is 2. The van der Waals surface area contributed by atoms with Crippen LogP contribution in [0.2, 0.25) is 5.02 Å². The normalized spacial score (nSPS) is 10.4. The number of nitrogens with zero attached hydrogens (tertiary/aromatic N) is 2. The van der Waals surface area contributed by atoms with Crippen LogP contribution in [0.4, 0.5) is 11.4 Å². The van der Waals surface area contributed by atoms with Gasteiger partial charge < -0.3 is 10.6 Å². The third kappa shape index (κ3) is 3.29. The molecule has 1 aromatic heterocycles. The van der Waals surface area contributed by atoms with E-state index in [2.05, 4.69) is 15.7 Å². The van der Waals surface area contributed by atoms with E-state index in [1.165, 1.54) is 0 Å². The molecule has 0 aliphatic heterocycles. The molecule has 0 saturated carbocycles. The first-order chi connectivity index (χ1) is 9.51. The van der Waals surface area contributed by atoms with E-state index in [1.54, 1.807) is 0 Å². The SMILES string of the molecule is CCn1cc(NC(=S)Nc2cccc(Cl)c2C)c(C)n1. The zero-order valence-electron chi connectivity index (χ0n) is 11.7. The summed E-state index contributed by atoms with van der Waals surface area (Å²) < 4.78 is 1.87. The number of rotatable bonds is 3. The second-order valence-electron chi connectivity index (χ2n) is 4.48. The molecule has 20 heavy (non-hydrogen) atoms. The Labute approximate surface area is 129 Å². The number of aryl methyl sites for hydroxylation is 2. The van der Waals surface area contributed by atoms with Crippen LogP contribution in [0.5, 0.6) is 0 Å². The van der Waals surface area contributed by atoms with Crippen LogP contribution in [0.25, 0.3) is 0 Å². The van der Waals surface area contributed by atoms with Gasteiger partial charge in [0.25, 0.3) is 0 Å². The van der Waals surface area contributed by atoms with Crippen molar-refractivity contribution in [2.45, 2.75) is 27.3 Å². The van der Waals surface area contributed by atoms with Gasteiger partial charge in [-0.25, -0.2) is 0 Å². The highest BCUT2D eigenvalue weighted by molar-refractivity contribution is 7.80. The highest BCUT2D eigenvalue weighted by Gasteiger charge is 2.08. The second kappa shape index (κ2) is 6.24. The molecule has 0 unspecified atom stereocenters. The van der Waals surface area contributed by atoms with Crippen LogP contribution < -0.4 is 10.6 Å². The summed E-state index contributed by atoms with van der Waals surface area (Å²) in [5.74, 6) is 0. The number of hydrogen-bond donors (Lipinski definition) is 2. The van der Waals surface area contributed by atoms with E-state index in [9.17, 15) is 0 Å². The molecule has 1 aromatic carbocycles. The Bertz CT molecular complexity index is 636. The lowest BCUT2D eigenvalue weighted by molar-refractivity contribution is 0.653. The summed E-state index contributed by atoms with van der Waals surface area (Å²) in [6, 6.07) is 5.69. The molecule has 1 heterocycles. The number of anilines is 2. The van der Waals surface area contributed by atoms with Crippen LogP contribution in [0.1, 0.15) is 18.2 Å². The highest BCUT2D eigenvalue weighted by Crippen LogP contribution is 2.23. The number of thiocarbonyl (C=S) groups is 1. The Morgan fingerprint density at radius 3 is 2.65 bits per heavy atom. The van der Waals surface area contributed by atoms with Crippen molar-refractivity contribution in [2.24, 2.45) is 0 Å². The van der Waals surface area contributed by atoms with Crippen LogP contribution in [0.15, 0.2) is 24.4 Å². The molecular weight excluding hydrogens is 292 g/mol. The number of benzene rings is 1. The fourth-order valence-electron chi connectivity index (χ4n) is 1.82. The second-order valence-corrected chi connectivity index (χ2v) is 5.29. The zero-order valence-corrected chi connectivity index (χ0v) is 13.3. The summed E-state index contributed by atoms with van der Waals surface area (Å²) in [6.07, 6.45) is 1.94. The fraction of sp³-hybridized carbons (Fsp3) is 0.286. The molecule has 0 amide bonds. The summed E-state index contributed by atoms with van der Waals surface area (Å²) in [7, 11) is 0. The van der Waals surface area contributed by atoms with Gasteiger partial charge >= 0.3 is 0 Å². The molecule has 0 bridgehead atoms. The summed E-state index contributed by atoms with van der Waals surface area (Å²) >= 11 is 11.4. The van der Waals surface area contributed by atoms with E-state index in [-0.39, 0.29) is 0 Å². The van der Waals surface area contributed by atoms with Gasteiger partial charge in [-0.1, -0.05) is 17.7 Å². The van der Waals surface area contributed by atoms with E-state index in [0.29, 0.717) is 10.1 Å². The van der Waals surface area contributed by atoms with Crippen LogP contribution in [-0.2, 0) is 6.54 Å². The standard InChI is InChI=1S/C14H17ClN4S/c1-4-19-8-13(10(3)18-19)17-14(20)16-12-7-5-6-11(15)9(12)2/h5-8H,4H2,1-3H3,(H2,16,17,20). The van der Waals surface area contributed by atoms with Gasteiger partial charge in [-0.15, -0.1) is 0 Å². The van der Waals surface area contributed by atoms with Gasteiger partial charge in [0.15, 0.2) is 5.11 Å². The number of halogens is 1. The van der Waals surface area contributed by atoms with Gasteiger partial charge in [0, 0.05) is 23.5 Å². The van der Waals surface area contributed by atoms with Crippen molar-refractivity contribution in [1.29, 1.82) is 0 Å². The number of aromatic nitrogens is 2. The Balaban J connectivity index is 2.09. The van der Waals surface area contributed by atoms with Crippen molar-refractivity contribution < 1.29 is 0 Å². The summed E-state index contributed by atoms with van der Waals surface area (Å²) in [5.41, 5.74) is 3.69. The molecule has 0 saturated heterocycles. The largest absolute Gasteiger partial charge is 0.332 e. The fourth-order valence-corrected chi connectivity index (χ4v) is 2.22. The maximum atomic E-state index is 6.09. The number of hydrogen-bond acceptors (Lipinski definition) is 2. The molecule has 106 valence electrons. The monoisotopic (exact) mass is 308 g/mol. The van der Waals surface area contributed by atoms with E-state index in [1.807, 2.05) is 49.8 Å². The van der Waals surface area contributed by atoms with Crippen molar-refractivity contribution >= 4 is 40.3 Å². The minimum Gasteiger partial charge on any atom is -0.332 e. The van der Waals surface area contributed by atoms with E-state index >= 15 is 0 Å². The lowest BCUT2D eigenvalue weighted by Crippen LogP contribution is -2.19. The minimum absolute atomic E-state index is 0.522. The van der Waals surface area contributed by atoms with Crippen LogP contribution in [0.3, 0.4) is 0 Å². The molecule has 2 aromatic rings. The Morgan fingerprint density at radius 2 is 2.00 bits per heavy atom. The predicted molar refractivity (Wildman–Crippen MR) is 88.7 cm³/mol. The lowest BCUT2D eigenvalue weighted by atomic mass is 10.2. The van der Waals surface area contributed by atoms with Gasteiger partial charge in [0.1, 0.15) is 0 Å². The molecule has 2 rings (SSSR count). The third-order valence-electron chi connectivity index (χ3n) is 3.03. The minimum atomic E-state index is 0.522. The van der Waals surface area contributed by atoms with Crippen molar-refractivity contribution in [2.75, 3.05) is 10.6 Å². The molecule has 0 aliphatic rings. The van der Waals surface area contributed by atoms with Gasteiger partial charge in [-0.3, -0.25) is 4.68 Å². The first-order valence-electron chi connectivity index (χ1n) is 6.38. The van der Waals surface area contributed by atoms with E-state index in [4.69, 9.17) is 23.8 Å². The molecule has 0 spiro atoms. The third-order valence-corrected chi connectivity index (χ3v) is 3.65. The smallest absolute Gasteiger partial charge is 0.175 e. The van der Waals surface area contributed by atoms with Crippen LogP contribution in [0, 0.1) is 13.8 Å². The molecule has 4 nitrogen and oxygen atoms in total. The Hall–Kier alpha value is -1.59. The summed E-state index contributed by atoms with van der Waals surface area (Å²) in [6.45, 7) is 6.77. The molecule has 0 fully saturated rings. The molecule has 0 atom stereocenters. The molecule has 0 radical (unpaired) electrons. The Morgan fingerprint density at radius 1 is 1.30 bits per heavy atom. The van der Waals surface area contributed by atoms with E-state index < -0.39 is 0 Å². The highest BCUT2D eigenvalue weighted by atomic mass is 35.5. The molecule has 2 N–H and O–H groups in total. The van der Waals surface area contributed by atoms with Gasteiger partial charge in [-0.05, 0) is 50.7 Å². The molecule has 6 heteroatoms.